The second-order valence-corrected chi connectivity index (χ2v) is 6.18. The molecule has 24 heavy (non-hydrogen) atoms. The molecule has 2 amide bonds. The van der Waals surface area contributed by atoms with Crippen LogP contribution in [0.5, 0.6) is 0 Å². The zero-order valence-corrected chi connectivity index (χ0v) is 13.6. The van der Waals surface area contributed by atoms with E-state index in [1.807, 2.05) is 0 Å². The van der Waals surface area contributed by atoms with E-state index in [2.05, 4.69) is 11.8 Å². The van der Waals surface area contributed by atoms with Crippen LogP contribution < -0.4 is 5.73 Å². The maximum Gasteiger partial charge on any atom is 0.258 e. The molecule has 1 saturated heterocycles. The summed E-state index contributed by atoms with van der Waals surface area (Å²) in [6, 6.07) is 0. The zero-order chi connectivity index (χ0) is 17.5. The summed E-state index contributed by atoms with van der Waals surface area (Å²) in [7, 11) is 0. The van der Waals surface area contributed by atoms with Crippen molar-refractivity contribution in [3.05, 3.63) is 11.8 Å². The fourth-order valence-corrected chi connectivity index (χ4v) is 2.98. The number of hydrogen-bond donors (Lipinski definition) is 3. The Bertz CT molecular complexity index is 545. The van der Waals surface area contributed by atoms with Gasteiger partial charge in [0, 0.05) is 18.5 Å². The Hall–Kier alpha value is -1.88. The molecule has 2 fully saturated rings. The van der Waals surface area contributed by atoms with Gasteiger partial charge in [0.15, 0.2) is 0 Å². The molecule has 7 heteroatoms. The number of rotatable bonds is 5. The van der Waals surface area contributed by atoms with Gasteiger partial charge in [-0.2, -0.15) is 0 Å². The third kappa shape index (κ3) is 4.81. The lowest BCUT2D eigenvalue weighted by atomic mass is 9.89. The SMILES string of the molecule is NC(=O)/C(C#CC1CCCCC1)=C\N(C=O)[C@H]1CC(O)[C@@H](CO)O1. The number of aliphatic hydroxyl groups is 2. The lowest BCUT2D eigenvalue weighted by Crippen LogP contribution is -2.31. The number of aliphatic hydroxyl groups excluding tert-OH is 2. The minimum Gasteiger partial charge on any atom is -0.394 e. The third-order valence-electron chi connectivity index (χ3n) is 4.40. The largest absolute Gasteiger partial charge is 0.394 e. The highest BCUT2D eigenvalue weighted by atomic mass is 16.5. The predicted molar refractivity (Wildman–Crippen MR) is 85.9 cm³/mol. The number of amides is 2. The first-order valence-corrected chi connectivity index (χ1v) is 8.25. The predicted octanol–water partition coefficient (Wildman–Crippen LogP) is -0.134. The molecule has 0 aromatic carbocycles. The summed E-state index contributed by atoms with van der Waals surface area (Å²) in [6.07, 6.45) is 4.98. The average molecular weight is 336 g/mol. The van der Waals surface area contributed by atoms with E-state index in [1.54, 1.807) is 0 Å². The van der Waals surface area contributed by atoms with Gasteiger partial charge in [0.05, 0.1) is 12.7 Å². The summed E-state index contributed by atoms with van der Waals surface area (Å²) < 4.78 is 5.40. The average Bonchev–Trinajstić information content (AvgIpc) is 2.96. The molecule has 1 aliphatic heterocycles. The van der Waals surface area contributed by atoms with Gasteiger partial charge in [-0.05, 0) is 12.8 Å². The Labute approximate surface area is 141 Å². The lowest BCUT2D eigenvalue weighted by molar-refractivity contribution is -0.128. The van der Waals surface area contributed by atoms with Crippen LogP contribution in [0.4, 0.5) is 0 Å². The molecule has 2 rings (SSSR count). The van der Waals surface area contributed by atoms with Crippen LogP contribution in [-0.4, -0.2) is 52.5 Å². The maximum atomic E-state index is 11.6. The molecule has 0 spiro atoms. The number of carbonyl (C=O) groups excluding carboxylic acids is 2. The summed E-state index contributed by atoms with van der Waals surface area (Å²) >= 11 is 0. The summed E-state index contributed by atoms with van der Waals surface area (Å²) in [5.74, 6) is 5.37. The van der Waals surface area contributed by atoms with Crippen molar-refractivity contribution in [2.45, 2.75) is 57.0 Å². The van der Waals surface area contributed by atoms with E-state index in [4.69, 9.17) is 15.6 Å². The molecule has 7 nitrogen and oxygen atoms in total. The van der Waals surface area contributed by atoms with Gasteiger partial charge in [-0.3, -0.25) is 14.5 Å². The number of carbonyl (C=O) groups is 2. The van der Waals surface area contributed by atoms with Crippen molar-refractivity contribution in [1.82, 2.24) is 4.90 Å². The Morgan fingerprint density at radius 1 is 1.33 bits per heavy atom. The first kappa shape index (κ1) is 18.5. The smallest absolute Gasteiger partial charge is 0.258 e. The van der Waals surface area contributed by atoms with Crippen molar-refractivity contribution < 1.29 is 24.5 Å². The second-order valence-electron chi connectivity index (χ2n) is 6.18. The van der Waals surface area contributed by atoms with Crippen LogP contribution in [0.1, 0.15) is 38.5 Å². The quantitative estimate of drug-likeness (QED) is 0.368. The van der Waals surface area contributed by atoms with Crippen LogP contribution in [0.2, 0.25) is 0 Å². The third-order valence-corrected chi connectivity index (χ3v) is 4.40. The minimum atomic E-state index is -0.874. The van der Waals surface area contributed by atoms with Gasteiger partial charge < -0.3 is 20.7 Å². The molecule has 132 valence electrons. The Balaban J connectivity index is 2.11. The molecule has 3 atom stereocenters. The number of nitrogens with zero attached hydrogens (tertiary/aromatic N) is 1. The van der Waals surface area contributed by atoms with Gasteiger partial charge in [-0.1, -0.05) is 31.1 Å². The monoisotopic (exact) mass is 336 g/mol. The van der Waals surface area contributed by atoms with E-state index in [0.29, 0.717) is 6.41 Å². The number of hydrogen-bond acceptors (Lipinski definition) is 5. The highest BCUT2D eigenvalue weighted by molar-refractivity contribution is 5.96. The molecular weight excluding hydrogens is 312 g/mol. The van der Waals surface area contributed by atoms with E-state index < -0.39 is 24.3 Å². The molecule has 1 heterocycles. The highest BCUT2D eigenvalue weighted by Crippen LogP contribution is 2.24. The molecule has 0 radical (unpaired) electrons. The number of nitrogens with two attached hydrogens (primary N) is 1. The van der Waals surface area contributed by atoms with Crippen LogP contribution in [-0.2, 0) is 14.3 Å². The van der Waals surface area contributed by atoms with E-state index in [0.717, 1.165) is 30.6 Å². The van der Waals surface area contributed by atoms with Gasteiger partial charge in [-0.25, -0.2) is 0 Å². The van der Waals surface area contributed by atoms with E-state index >= 15 is 0 Å². The molecule has 1 aliphatic carbocycles. The summed E-state index contributed by atoms with van der Waals surface area (Å²) in [6.45, 7) is -0.349. The normalized spacial score (nSPS) is 28.1. The molecular formula is C17H24N2O5. The van der Waals surface area contributed by atoms with Gasteiger partial charge >= 0.3 is 0 Å². The number of primary amides is 1. The van der Waals surface area contributed by atoms with Crippen LogP contribution in [0, 0.1) is 17.8 Å². The Morgan fingerprint density at radius 3 is 2.58 bits per heavy atom. The van der Waals surface area contributed by atoms with Crippen molar-refractivity contribution in [2.24, 2.45) is 11.7 Å². The van der Waals surface area contributed by atoms with E-state index in [1.165, 1.54) is 12.6 Å². The lowest BCUT2D eigenvalue weighted by Gasteiger charge is -2.21. The van der Waals surface area contributed by atoms with Crippen molar-refractivity contribution in [1.29, 1.82) is 0 Å². The van der Waals surface area contributed by atoms with Gasteiger partial charge in [0.25, 0.3) is 5.91 Å². The van der Waals surface area contributed by atoms with Crippen LogP contribution >= 0.6 is 0 Å². The van der Waals surface area contributed by atoms with Gasteiger partial charge in [-0.15, -0.1) is 0 Å². The molecule has 0 bridgehead atoms. The van der Waals surface area contributed by atoms with Crippen molar-refractivity contribution in [2.75, 3.05) is 6.61 Å². The van der Waals surface area contributed by atoms with Gasteiger partial charge in [0.2, 0.25) is 6.41 Å². The van der Waals surface area contributed by atoms with Crippen molar-refractivity contribution in [3.63, 3.8) is 0 Å². The molecule has 0 aromatic heterocycles. The van der Waals surface area contributed by atoms with E-state index in [-0.39, 0.29) is 24.5 Å². The minimum absolute atomic E-state index is 0.0261. The number of ether oxygens (including phenoxy) is 1. The standard InChI is InChI=1S/C17H24N2O5/c18-17(23)13(7-6-12-4-2-1-3-5-12)9-19(11-21)16-8-14(22)15(10-20)24-16/h9,11-12,14-16,20,22H,1-5,8,10H2,(H2,18,23)/b13-9-/t14?,15-,16-/m1/s1. The van der Waals surface area contributed by atoms with Crippen molar-refractivity contribution in [3.8, 4) is 11.8 Å². The molecule has 0 aromatic rings. The second kappa shape index (κ2) is 8.83. The van der Waals surface area contributed by atoms with E-state index in [9.17, 15) is 14.7 Å². The van der Waals surface area contributed by atoms with Crippen LogP contribution in [0.15, 0.2) is 11.8 Å². The fraction of sp³-hybridized carbons (Fsp3) is 0.647. The first-order chi connectivity index (χ1) is 11.5. The highest BCUT2D eigenvalue weighted by Gasteiger charge is 2.36. The molecule has 1 unspecified atom stereocenters. The summed E-state index contributed by atoms with van der Waals surface area (Å²) in [5.41, 5.74) is 5.38. The fourth-order valence-electron chi connectivity index (χ4n) is 2.98. The molecule has 2 aliphatic rings. The van der Waals surface area contributed by atoms with Crippen LogP contribution in [0.3, 0.4) is 0 Å². The summed E-state index contributed by atoms with van der Waals surface area (Å²) in [4.78, 5) is 24.0. The van der Waals surface area contributed by atoms with Crippen LogP contribution in [0.25, 0.3) is 0 Å². The Kier molecular flexibility index (Phi) is 6.79. The topological polar surface area (TPSA) is 113 Å². The van der Waals surface area contributed by atoms with Crippen molar-refractivity contribution >= 4 is 12.3 Å². The van der Waals surface area contributed by atoms with Gasteiger partial charge in [0.1, 0.15) is 17.9 Å². The first-order valence-electron chi connectivity index (χ1n) is 8.25. The maximum absolute atomic E-state index is 11.6. The molecule has 1 saturated carbocycles. The zero-order valence-electron chi connectivity index (χ0n) is 13.6. The Morgan fingerprint density at radius 2 is 2.04 bits per heavy atom. The summed E-state index contributed by atoms with van der Waals surface area (Å²) in [5, 5.41) is 18.9. The molecule has 4 N–H and O–H groups in total.